The first-order chi connectivity index (χ1) is 11.1. The van der Waals surface area contributed by atoms with Gasteiger partial charge in [-0.25, -0.2) is 4.98 Å². The maximum atomic E-state index is 12.9. The van der Waals surface area contributed by atoms with Crippen LogP contribution >= 0.6 is 11.3 Å². The number of nitrogens with zero attached hydrogens (tertiary/aromatic N) is 3. The fraction of sp³-hybridized carbons (Fsp3) is 0.562. The van der Waals surface area contributed by atoms with E-state index in [4.69, 9.17) is 4.74 Å². The number of carbonyl (C=O) groups excluding carboxylic acids is 1. The molecule has 2 aromatic rings. The van der Waals surface area contributed by atoms with Crippen LogP contribution in [0.4, 0.5) is 0 Å². The monoisotopic (exact) mass is 333 g/mol. The second-order valence-corrected chi connectivity index (χ2v) is 7.30. The number of thiophene rings is 1. The first kappa shape index (κ1) is 14.8. The average molecular weight is 333 g/mol. The summed E-state index contributed by atoms with van der Waals surface area (Å²) in [6, 6.07) is 0. The van der Waals surface area contributed by atoms with E-state index in [1.807, 2.05) is 4.90 Å². The van der Waals surface area contributed by atoms with Crippen molar-refractivity contribution in [1.29, 1.82) is 0 Å². The Morgan fingerprint density at radius 2 is 2.39 bits per heavy atom. The maximum Gasteiger partial charge on any atom is 0.262 e. The van der Waals surface area contributed by atoms with Crippen molar-refractivity contribution in [2.24, 2.45) is 0 Å². The molecule has 4 heterocycles. The van der Waals surface area contributed by atoms with Crippen molar-refractivity contribution in [2.75, 3.05) is 13.2 Å². The number of ether oxygens (including phenoxy) is 1. The van der Waals surface area contributed by atoms with E-state index in [2.05, 4.69) is 4.98 Å². The zero-order valence-electron chi connectivity index (χ0n) is 13.1. The molecule has 2 aliphatic heterocycles. The van der Waals surface area contributed by atoms with Crippen molar-refractivity contribution >= 4 is 27.5 Å². The number of rotatable bonds is 2. The molecule has 122 valence electrons. The zero-order chi connectivity index (χ0) is 16.0. The molecule has 23 heavy (non-hydrogen) atoms. The number of hydrogen-bond acceptors (Lipinski definition) is 5. The number of hydrogen-bond donors (Lipinski definition) is 0. The Labute approximate surface area is 137 Å². The molecule has 7 heteroatoms. The van der Waals surface area contributed by atoms with Crippen LogP contribution in [0.1, 0.15) is 30.2 Å². The number of amides is 1. The Morgan fingerprint density at radius 1 is 1.52 bits per heavy atom. The molecule has 0 radical (unpaired) electrons. The van der Waals surface area contributed by atoms with Gasteiger partial charge in [0.25, 0.3) is 5.56 Å². The highest BCUT2D eigenvalue weighted by atomic mass is 32.1. The number of aromatic nitrogens is 2. The molecule has 1 unspecified atom stereocenters. The Balaban J connectivity index is 1.72. The third kappa shape index (κ3) is 2.57. The van der Waals surface area contributed by atoms with Gasteiger partial charge in [0, 0.05) is 25.0 Å². The maximum absolute atomic E-state index is 12.9. The van der Waals surface area contributed by atoms with Crippen LogP contribution in [0.2, 0.25) is 0 Å². The predicted molar refractivity (Wildman–Crippen MR) is 87.6 cm³/mol. The van der Waals surface area contributed by atoms with Crippen LogP contribution in [0.5, 0.6) is 0 Å². The largest absolute Gasteiger partial charge is 0.376 e. The second-order valence-electron chi connectivity index (χ2n) is 6.21. The van der Waals surface area contributed by atoms with E-state index < -0.39 is 0 Å². The van der Waals surface area contributed by atoms with E-state index in [-0.39, 0.29) is 17.6 Å². The van der Waals surface area contributed by atoms with Gasteiger partial charge in [0.2, 0.25) is 5.91 Å². The minimum Gasteiger partial charge on any atom is -0.376 e. The van der Waals surface area contributed by atoms with Gasteiger partial charge in [0.1, 0.15) is 4.83 Å². The Bertz CT molecular complexity index is 820. The molecular formula is C16H19N3O3S. The smallest absolute Gasteiger partial charge is 0.262 e. The molecule has 1 saturated heterocycles. The van der Waals surface area contributed by atoms with Gasteiger partial charge in [0.15, 0.2) is 0 Å². The van der Waals surface area contributed by atoms with E-state index in [0.717, 1.165) is 46.5 Å². The van der Waals surface area contributed by atoms with E-state index >= 15 is 0 Å². The lowest BCUT2D eigenvalue weighted by molar-refractivity contribution is -0.129. The summed E-state index contributed by atoms with van der Waals surface area (Å²) < 4.78 is 7.31. The van der Waals surface area contributed by atoms with Crippen LogP contribution in [0, 0.1) is 0 Å². The van der Waals surface area contributed by atoms with Crippen molar-refractivity contribution in [2.45, 2.75) is 45.4 Å². The lowest BCUT2D eigenvalue weighted by atomic mass is 10.1. The molecular weight excluding hydrogens is 314 g/mol. The summed E-state index contributed by atoms with van der Waals surface area (Å²) in [5.74, 6) is 0.0804. The Morgan fingerprint density at radius 3 is 3.13 bits per heavy atom. The first-order valence-corrected chi connectivity index (χ1v) is 8.82. The summed E-state index contributed by atoms with van der Waals surface area (Å²) >= 11 is 1.54. The molecule has 0 saturated carbocycles. The SMILES string of the molecule is CC(=O)N1CCc2c(sc3ncn(CC4CCCO4)c(=O)c23)C1. The second kappa shape index (κ2) is 5.72. The summed E-state index contributed by atoms with van der Waals surface area (Å²) in [4.78, 5) is 32.6. The quantitative estimate of drug-likeness (QED) is 0.836. The molecule has 4 rings (SSSR count). The zero-order valence-corrected chi connectivity index (χ0v) is 13.9. The van der Waals surface area contributed by atoms with Crippen LogP contribution in [0.25, 0.3) is 10.2 Å². The molecule has 0 aromatic carbocycles. The molecule has 6 nitrogen and oxygen atoms in total. The highest BCUT2D eigenvalue weighted by Gasteiger charge is 2.25. The van der Waals surface area contributed by atoms with Crippen LogP contribution in [0.15, 0.2) is 11.1 Å². The Kier molecular flexibility index (Phi) is 3.69. The van der Waals surface area contributed by atoms with Gasteiger partial charge in [-0.15, -0.1) is 11.3 Å². The molecule has 0 aliphatic carbocycles. The topological polar surface area (TPSA) is 64.4 Å². The summed E-state index contributed by atoms with van der Waals surface area (Å²) in [6.45, 7) is 4.21. The summed E-state index contributed by atoms with van der Waals surface area (Å²) in [6.07, 6.45) is 4.55. The summed E-state index contributed by atoms with van der Waals surface area (Å²) in [5.41, 5.74) is 1.11. The van der Waals surface area contributed by atoms with Crippen molar-refractivity contribution in [3.05, 3.63) is 27.1 Å². The van der Waals surface area contributed by atoms with E-state index in [9.17, 15) is 9.59 Å². The molecule has 0 N–H and O–H groups in total. The van der Waals surface area contributed by atoms with Gasteiger partial charge in [-0.2, -0.15) is 0 Å². The van der Waals surface area contributed by atoms with Crippen LogP contribution in [-0.2, 0) is 29.0 Å². The van der Waals surface area contributed by atoms with E-state index in [0.29, 0.717) is 19.6 Å². The fourth-order valence-electron chi connectivity index (χ4n) is 3.43. The molecule has 1 amide bonds. The van der Waals surface area contributed by atoms with Crippen molar-refractivity contribution in [3.63, 3.8) is 0 Å². The average Bonchev–Trinajstić information content (AvgIpc) is 3.16. The standard InChI is InChI=1S/C16H19N3O3S/c1-10(20)18-5-4-12-13(8-18)23-15-14(12)16(21)19(9-17-15)7-11-3-2-6-22-11/h9,11H,2-8H2,1H3. The third-order valence-electron chi connectivity index (χ3n) is 4.70. The minimum atomic E-state index is 0.0271. The third-order valence-corrected chi connectivity index (χ3v) is 5.82. The number of fused-ring (bicyclic) bond motifs is 3. The molecule has 1 atom stereocenters. The van der Waals surface area contributed by atoms with Gasteiger partial charge >= 0.3 is 0 Å². The molecule has 2 aromatic heterocycles. The Hall–Kier alpha value is -1.73. The van der Waals surface area contributed by atoms with Gasteiger partial charge in [0.05, 0.1) is 30.9 Å². The molecule has 2 aliphatic rings. The molecule has 0 spiro atoms. The highest BCUT2D eigenvalue weighted by molar-refractivity contribution is 7.18. The van der Waals surface area contributed by atoms with E-state index in [1.165, 1.54) is 11.3 Å². The van der Waals surface area contributed by atoms with Crippen molar-refractivity contribution in [1.82, 2.24) is 14.5 Å². The normalized spacial score (nSPS) is 20.9. The summed E-state index contributed by atoms with van der Waals surface area (Å²) in [5, 5.41) is 0.744. The van der Waals surface area contributed by atoms with Gasteiger partial charge in [-0.1, -0.05) is 0 Å². The van der Waals surface area contributed by atoms with Crippen LogP contribution in [0.3, 0.4) is 0 Å². The first-order valence-electron chi connectivity index (χ1n) is 8.00. The number of carbonyl (C=O) groups is 1. The molecule has 1 fully saturated rings. The van der Waals surface area contributed by atoms with Crippen LogP contribution in [-0.4, -0.2) is 39.6 Å². The van der Waals surface area contributed by atoms with Crippen LogP contribution < -0.4 is 5.56 Å². The summed E-state index contributed by atoms with van der Waals surface area (Å²) in [7, 11) is 0. The highest BCUT2D eigenvalue weighted by Crippen LogP contribution is 2.32. The van der Waals surface area contributed by atoms with E-state index in [1.54, 1.807) is 17.8 Å². The van der Waals surface area contributed by atoms with Crippen molar-refractivity contribution in [3.8, 4) is 0 Å². The minimum absolute atomic E-state index is 0.0271. The lowest BCUT2D eigenvalue weighted by Crippen LogP contribution is -2.34. The molecule has 0 bridgehead atoms. The fourth-order valence-corrected chi connectivity index (χ4v) is 4.62. The van der Waals surface area contributed by atoms with Gasteiger partial charge in [-0.05, 0) is 24.8 Å². The lowest BCUT2D eigenvalue weighted by Gasteiger charge is -2.25. The van der Waals surface area contributed by atoms with Gasteiger partial charge in [-0.3, -0.25) is 14.2 Å². The van der Waals surface area contributed by atoms with Crippen molar-refractivity contribution < 1.29 is 9.53 Å². The van der Waals surface area contributed by atoms with Gasteiger partial charge < -0.3 is 9.64 Å². The predicted octanol–water partition coefficient (Wildman–Crippen LogP) is 1.54.